The lowest BCUT2D eigenvalue weighted by Gasteiger charge is -2.34. The number of hydrogen-bond acceptors (Lipinski definition) is 8. The molecule has 0 spiro atoms. The number of ether oxygens (including phenoxy) is 5. The van der Waals surface area contributed by atoms with Crippen LogP contribution in [0.4, 0.5) is 14.0 Å². The van der Waals surface area contributed by atoms with E-state index in [9.17, 15) is 18.8 Å². The maximum absolute atomic E-state index is 14.4. The minimum absolute atomic E-state index is 0.103. The maximum Gasteiger partial charge on any atom is 0.410 e. The van der Waals surface area contributed by atoms with Crippen LogP contribution >= 0.6 is 0 Å². The number of nitrogens with zero attached hydrogens (tertiary/aromatic N) is 1. The molecule has 12 heteroatoms. The van der Waals surface area contributed by atoms with Gasteiger partial charge in [-0.05, 0) is 81.3 Å². The van der Waals surface area contributed by atoms with Crippen LogP contribution in [0.15, 0.2) is 36.4 Å². The molecule has 1 fully saturated rings. The van der Waals surface area contributed by atoms with Gasteiger partial charge in [-0.3, -0.25) is 4.79 Å². The number of carbonyl (C=O) groups is 3. The Bertz CT molecular complexity index is 1360. The standard InChI is InChI=1S/C34H46FN3O8/c1-34(2,3)46-33(41)38(4)26(16-22-8-7-13-43-21-22)20-37-31(39)24-18-28(27-11-14-44-29(27)19-24)30(23-9-6-10-25(35)17-23)45-15-12-36-32(40)42-5/h6,9-10,17-19,22,26,30H,7-8,11-16,20-21H2,1-5H3,(H,36,40)(H,37,39). The molecule has 0 saturated carbocycles. The molecular formula is C34H46FN3O8. The maximum atomic E-state index is 14.4. The Labute approximate surface area is 270 Å². The molecule has 0 aliphatic carbocycles. The first kappa shape index (κ1) is 35.0. The summed E-state index contributed by atoms with van der Waals surface area (Å²) >= 11 is 0. The van der Waals surface area contributed by atoms with Crippen molar-refractivity contribution in [3.8, 4) is 5.75 Å². The van der Waals surface area contributed by atoms with Gasteiger partial charge in [0.15, 0.2) is 0 Å². The Balaban J connectivity index is 1.57. The highest BCUT2D eigenvalue weighted by Gasteiger charge is 2.30. The lowest BCUT2D eigenvalue weighted by Crippen LogP contribution is -2.48. The third-order valence-corrected chi connectivity index (χ3v) is 7.98. The monoisotopic (exact) mass is 643 g/mol. The van der Waals surface area contributed by atoms with Crippen LogP contribution in [0.3, 0.4) is 0 Å². The molecule has 2 aliphatic rings. The summed E-state index contributed by atoms with van der Waals surface area (Å²) in [7, 11) is 2.96. The van der Waals surface area contributed by atoms with E-state index in [1.54, 1.807) is 36.2 Å². The van der Waals surface area contributed by atoms with Gasteiger partial charge in [-0.2, -0.15) is 0 Å². The topological polar surface area (TPSA) is 125 Å². The van der Waals surface area contributed by atoms with Crippen molar-refractivity contribution in [2.24, 2.45) is 5.92 Å². The van der Waals surface area contributed by atoms with Crippen molar-refractivity contribution >= 4 is 18.1 Å². The molecule has 0 bridgehead atoms. The second-order valence-corrected chi connectivity index (χ2v) is 12.6. The molecule has 252 valence electrons. The first-order valence-electron chi connectivity index (χ1n) is 15.8. The molecule has 46 heavy (non-hydrogen) atoms. The minimum atomic E-state index is -0.740. The van der Waals surface area contributed by atoms with Crippen LogP contribution in [0.2, 0.25) is 0 Å². The summed E-state index contributed by atoms with van der Waals surface area (Å²) < 4.78 is 42.4. The molecule has 1 saturated heterocycles. The van der Waals surface area contributed by atoms with Gasteiger partial charge in [-0.25, -0.2) is 14.0 Å². The van der Waals surface area contributed by atoms with Crippen LogP contribution in [-0.4, -0.2) is 88.3 Å². The summed E-state index contributed by atoms with van der Waals surface area (Å²) in [5.74, 6) is 0.0250. The molecule has 0 radical (unpaired) electrons. The highest BCUT2D eigenvalue weighted by Crippen LogP contribution is 2.38. The third-order valence-electron chi connectivity index (χ3n) is 7.98. The fraction of sp³-hybridized carbons (Fsp3) is 0.559. The minimum Gasteiger partial charge on any atom is -0.493 e. The number of benzene rings is 2. The van der Waals surface area contributed by atoms with Crippen molar-refractivity contribution in [1.82, 2.24) is 15.5 Å². The third kappa shape index (κ3) is 9.80. The quantitative estimate of drug-likeness (QED) is 0.310. The number of carbonyl (C=O) groups excluding carboxylic acids is 3. The number of hydrogen-bond donors (Lipinski definition) is 2. The summed E-state index contributed by atoms with van der Waals surface area (Å²) in [5, 5.41) is 5.59. The normalized spacial score (nSPS) is 17.2. The molecule has 2 heterocycles. The predicted octanol–water partition coefficient (Wildman–Crippen LogP) is 5.00. The number of halogens is 1. The van der Waals surface area contributed by atoms with Crippen LogP contribution in [-0.2, 0) is 25.4 Å². The number of nitrogens with one attached hydrogen (secondary N) is 2. The van der Waals surface area contributed by atoms with Gasteiger partial charge < -0.3 is 39.2 Å². The van der Waals surface area contributed by atoms with Gasteiger partial charge in [0, 0.05) is 50.9 Å². The van der Waals surface area contributed by atoms with E-state index < -0.39 is 29.7 Å². The fourth-order valence-corrected chi connectivity index (χ4v) is 5.68. The fourth-order valence-electron chi connectivity index (χ4n) is 5.68. The Kier molecular flexibility index (Phi) is 12.2. The van der Waals surface area contributed by atoms with Gasteiger partial charge in [-0.1, -0.05) is 12.1 Å². The zero-order valence-corrected chi connectivity index (χ0v) is 27.4. The number of fused-ring (bicyclic) bond motifs is 1. The van der Waals surface area contributed by atoms with Crippen LogP contribution in [0.25, 0.3) is 0 Å². The molecule has 11 nitrogen and oxygen atoms in total. The summed E-state index contributed by atoms with van der Waals surface area (Å²) in [6.07, 6.45) is 1.37. The summed E-state index contributed by atoms with van der Waals surface area (Å²) in [6, 6.07) is 9.20. The highest BCUT2D eigenvalue weighted by molar-refractivity contribution is 5.95. The van der Waals surface area contributed by atoms with E-state index in [1.807, 2.05) is 20.8 Å². The van der Waals surface area contributed by atoms with Crippen LogP contribution < -0.4 is 15.4 Å². The smallest absolute Gasteiger partial charge is 0.410 e. The molecular weight excluding hydrogens is 597 g/mol. The molecule has 3 amide bonds. The van der Waals surface area contributed by atoms with E-state index in [1.165, 1.54) is 19.2 Å². The number of amides is 3. The Hall–Kier alpha value is -3.90. The lowest BCUT2D eigenvalue weighted by atomic mass is 9.92. The van der Waals surface area contributed by atoms with Crippen LogP contribution in [0.5, 0.6) is 5.75 Å². The average molecular weight is 644 g/mol. The van der Waals surface area contributed by atoms with Crippen molar-refractivity contribution in [2.45, 2.75) is 64.2 Å². The highest BCUT2D eigenvalue weighted by atomic mass is 19.1. The number of alkyl carbamates (subject to hydrolysis) is 1. The van der Waals surface area contributed by atoms with Crippen molar-refractivity contribution < 1.29 is 42.5 Å². The first-order chi connectivity index (χ1) is 21.9. The second kappa shape index (κ2) is 16.1. The van der Waals surface area contributed by atoms with E-state index >= 15 is 0 Å². The van der Waals surface area contributed by atoms with Crippen molar-refractivity contribution in [1.29, 1.82) is 0 Å². The van der Waals surface area contributed by atoms with E-state index in [0.29, 0.717) is 48.5 Å². The van der Waals surface area contributed by atoms with Crippen molar-refractivity contribution in [3.05, 3.63) is 64.5 Å². The molecule has 2 aromatic carbocycles. The second-order valence-electron chi connectivity index (χ2n) is 12.6. The molecule has 0 aromatic heterocycles. The summed E-state index contributed by atoms with van der Waals surface area (Å²) in [4.78, 5) is 39.8. The van der Waals surface area contributed by atoms with E-state index in [0.717, 1.165) is 25.0 Å². The van der Waals surface area contributed by atoms with Crippen molar-refractivity contribution in [3.63, 3.8) is 0 Å². The van der Waals surface area contributed by atoms with Gasteiger partial charge in [0.05, 0.1) is 26.4 Å². The van der Waals surface area contributed by atoms with Gasteiger partial charge >= 0.3 is 12.2 Å². The molecule has 2 aromatic rings. The van der Waals surface area contributed by atoms with Gasteiger partial charge in [0.1, 0.15) is 23.3 Å². The Morgan fingerprint density at radius 2 is 1.93 bits per heavy atom. The number of methoxy groups -OCH3 is 1. The molecule has 3 atom stereocenters. The molecule has 2 N–H and O–H groups in total. The van der Waals surface area contributed by atoms with Gasteiger partial charge in [0.25, 0.3) is 5.91 Å². The summed E-state index contributed by atoms with van der Waals surface area (Å²) in [6.45, 7) is 7.67. The number of likely N-dealkylation sites (N-methyl/N-ethyl adjacent to an activating group) is 1. The van der Waals surface area contributed by atoms with Crippen LogP contribution in [0.1, 0.15) is 73.2 Å². The zero-order chi connectivity index (χ0) is 33.3. The molecule has 3 unspecified atom stereocenters. The predicted molar refractivity (Wildman–Crippen MR) is 169 cm³/mol. The lowest BCUT2D eigenvalue weighted by molar-refractivity contribution is 0.0112. The SMILES string of the molecule is COC(=O)NCCOC(c1cccc(F)c1)c1cc(C(=O)NCC(CC2CCCOC2)N(C)C(=O)OC(C)(C)C)cc2c1CCO2. The largest absolute Gasteiger partial charge is 0.493 e. The first-order valence-corrected chi connectivity index (χ1v) is 15.8. The summed E-state index contributed by atoms with van der Waals surface area (Å²) in [5.41, 5.74) is 1.77. The molecule has 2 aliphatic heterocycles. The van der Waals surface area contributed by atoms with E-state index in [2.05, 4.69) is 15.4 Å². The van der Waals surface area contributed by atoms with Gasteiger partial charge in [0.2, 0.25) is 0 Å². The molecule has 4 rings (SSSR count). The van der Waals surface area contributed by atoms with E-state index in [4.69, 9.17) is 18.9 Å². The van der Waals surface area contributed by atoms with Gasteiger partial charge in [-0.15, -0.1) is 0 Å². The Morgan fingerprint density at radius 3 is 2.63 bits per heavy atom. The average Bonchev–Trinajstić information content (AvgIpc) is 3.51. The zero-order valence-electron chi connectivity index (χ0n) is 27.4. The van der Waals surface area contributed by atoms with Crippen molar-refractivity contribution in [2.75, 3.05) is 53.7 Å². The number of rotatable bonds is 12. The Morgan fingerprint density at radius 1 is 1.13 bits per heavy atom. The van der Waals surface area contributed by atoms with E-state index in [-0.39, 0.29) is 37.6 Å². The van der Waals surface area contributed by atoms with Crippen LogP contribution in [0, 0.1) is 11.7 Å².